The first-order valence-electron chi connectivity index (χ1n) is 8.14. The van der Waals surface area contributed by atoms with E-state index in [4.69, 9.17) is 4.42 Å². The van der Waals surface area contributed by atoms with Crippen LogP contribution in [0.2, 0.25) is 0 Å². The number of urea groups is 1. The van der Waals surface area contributed by atoms with Gasteiger partial charge >= 0.3 is 6.03 Å². The number of carbonyl (C=O) groups excluding carboxylic acids is 1. The van der Waals surface area contributed by atoms with Gasteiger partial charge in [0.25, 0.3) is 0 Å². The average Bonchev–Trinajstić information content (AvgIpc) is 2.93. The molecule has 1 aromatic carbocycles. The zero-order chi connectivity index (χ0) is 17.7. The number of nitrogens with one attached hydrogen (secondary N) is 1. The molecule has 0 bridgehead atoms. The second-order valence-corrected chi connectivity index (χ2v) is 6.39. The molecule has 5 nitrogen and oxygen atoms in total. The second kappa shape index (κ2) is 8.02. The number of aryl methyl sites for hydroxylation is 2. The molecule has 0 spiro atoms. The second-order valence-electron chi connectivity index (χ2n) is 6.39. The molecule has 24 heavy (non-hydrogen) atoms. The number of amides is 2. The van der Waals surface area contributed by atoms with E-state index in [1.807, 2.05) is 45.3 Å². The average molecular weight is 329 g/mol. The van der Waals surface area contributed by atoms with E-state index in [-0.39, 0.29) is 12.1 Å². The molecule has 2 aromatic rings. The van der Waals surface area contributed by atoms with E-state index >= 15 is 0 Å². The predicted molar refractivity (Wildman–Crippen MR) is 95.9 cm³/mol. The summed E-state index contributed by atoms with van der Waals surface area (Å²) in [5, 5.41) is 3.02. The lowest BCUT2D eigenvalue weighted by atomic mass is 10.0. The lowest BCUT2D eigenvalue weighted by molar-refractivity contribution is 0.197. The maximum atomic E-state index is 12.4. The number of benzene rings is 1. The van der Waals surface area contributed by atoms with Crippen LogP contribution >= 0.6 is 0 Å². The van der Waals surface area contributed by atoms with Gasteiger partial charge in [-0.1, -0.05) is 24.3 Å². The van der Waals surface area contributed by atoms with Crippen molar-refractivity contribution in [1.29, 1.82) is 0 Å². The van der Waals surface area contributed by atoms with Crippen molar-refractivity contribution in [3.05, 3.63) is 59.0 Å². The van der Waals surface area contributed by atoms with Gasteiger partial charge in [0.15, 0.2) is 0 Å². The maximum absolute atomic E-state index is 12.4. The fraction of sp³-hybridized carbons (Fsp3) is 0.421. The Morgan fingerprint density at radius 2 is 1.83 bits per heavy atom. The summed E-state index contributed by atoms with van der Waals surface area (Å²) in [6.45, 7) is 5.00. The Kier molecular flexibility index (Phi) is 6.04. The number of furan rings is 1. The summed E-state index contributed by atoms with van der Waals surface area (Å²) in [7, 11) is 5.82. The summed E-state index contributed by atoms with van der Waals surface area (Å²) in [6.07, 6.45) is 0. The third-order valence-corrected chi connectivity index (χ3v) is 4.15. The van der Waals surface area contributed by atoms with Crippen LogP contribution < -0.4 is 5.32 Å². The number of likely N-dealkylation sites (N-methyl/N-ethyl adjacent to an activating group) is 1. The largest absolute Gasteiger partial charge is 0.464 e. The molecule has 0 aliphatic heterocycles. The number of hydrogen-bond donors (Lipinski definition) is 1. The highest BCUT2D eigenvalue weighted by molar-refractivity contribution is 5.73. The fourth-order valence-corrected chi connectivity index (χ4v) is 2.73. The third kappa shape index (κ3) is 4.61. The van der Waals surface area contributed by atoms with E-state index in [9.17, 15) is 4.79 Å². The Hall–Kier alpha value is -2.27. The Morgan fingerprint density at radius 1 is 1.12 bits per heavy atom. The Morgan fingerprint density at radius 3 is 2.42 bits per heavy atom. The van der Waals surface area contributed by atoms with Crippen LogP contribution in [-0.4, -0.2) is 43.5 Å². The van der Waals surface area contributed by atoms with E-state index in [1.165, 1.54) is 11.1 Å². The first-order valence-corrected chi connectivity index (χ1v) is 8.14. The molecule has 0 aliphatic rings. The van der Waals surface area contributed by atoms with Gasteiger partial charge in [0.1, 0.15) is 11.5 Å². The monoisotopic (exact) mass is 329 g/mol. The first kappa shape index (κ1) is 18.1. The quantitative estimate of drug-likeness (QED) is 0.884. The number of rotatable bonds is 6. The Balaban J connectivity index is 1.96. The number of carbonyl (C=O) groups is 1. The smallest absolute Gasteiger partial charge is 0.317 e. The van der Waals surface area contributed by atoms with Gasteiger partial charge in [-0.15, -0.1) is 0 Å². The number of nitrogens with zero attached hydrogens (tertiary/aromatic N) is 2. The summed E-state index contributed by atoms with van der Waals surface area (Å²) in [4.78, 5) is 16.1. The topological polar surface area (TPSA) is 48.7 Å². The zero-order valence-corrected chi connectivity index (χ0v) is 15.2. The summed E-state index contributed by atoms with van der Waals surface area (Å²) in [6, 6.07) is 12.1. The van der Waals surface area contributed by atoms with Crippen molar-refractivity contribution in [3.63, 3.8) is 0 Å². The molecular formula is C19H27N3O2. The highest BCUT2D eigenvalue weighted by Crippen LogP contribution is 2.21. The molecule has 5 heteroatoms. The molecule has 2 rings (SSSR count). The maximum Gasteiger partial charge on any atom is 0.317 e. The van der Waals surface area contributed by atoms with Crippen LogP contribution in [0, 0.1) is 13.8 Å². The highest BCUT2D eigenvalue weighted by Gasteiger charge is 2.18. The highest BCUT2D eigenvalue weighted by atomic mass is 16.3. The van der Waals surface area contributed by atoms with Crippen molar-refractivity contribution < 1.29 is 9.21 Å². The fourth-order valence-electron chi connectivity index (χ4n) is 2.73. The number of hydrogen-bond acceptors (Lipinski definition) is 3. The van der Waals surface area contributed by atoms with Crippen molar-refractivity contribution >= 4 is 6.03 Å². The Labute approximate surface area is 144 Å². The van der Waals surface area contributed by atoms with Gasteiger partial charge in [0.05, 0.1) is 12.6 Å². The van der Waals surface area contributed by atoms with Crippen molar-refractivity contribution in [2.45, 2.75) is 26.4 Å². The molecule has 2 amide bonds. The molecule has 0 fully saturated rings. The molecule has 1 N–H and O–H groups in total. The van der Waals surface area contributed by atoms with Crippen LogP contribution in [0.15, 0.2) is 40.8 Å². The van der Waals surface area contributed by atoms with E-state index in [0.29, 0.717) is 13.1 Å². The van der Waals surface area contributed by atoms with Gasteiger partial charge in [0.2, 0.25) is 0 Å². The minimum atomic E-state index is -0.107. The third-order valence-electron chi connectivity index (χ3n) is 4.15. The van der Waals surface area contributed by atoms with Gasteiger partial charge in [-0.2, -0.15) is 0 Å². The summed E-state index contributed by atoms with van der Waals surface area (Å²) in [5.74, 6) is 1.64. The standard InChI is InChI=1S/C19H27N3O2/c1-14-8-6-7-9-17(14)18(21(3)4)12-20-19(23)22(5)13-16-11-10-15(2)24-16/h6-11,18H,12-13H2,1-5H3,(H,20,23)/t18-/m1/s1. The van der Waals surface area contributed by atoms with E-state index in [2.05, 4.69) is 29.3 Å². The van der Waals surface area contributed by atoms with Crippen LogP contribution in [0.1, 0.15) is 28.7 Å². The van der Waals surface area contributed by atoms with Gasteiger partial charge in [0, 0.05) is 13.6 Å². The normalized spacial score (nSPS) is 12.2. The summed E-state index contributed by atoms with van der Waals surface area (Å²) in [5.41, 5.74) is 2.46. The summed E-state index contributed by atoms with van der Waals surface area (Å²) < 4.78 is 5.52. The van der Waals surface area contributed by atoms with E-state index < -0.39 is 0 Å². The summed E-state index contributed by atoms with van der Waals surface area (Å²) >= 11 is 0. The van der Waals surface area contributed by atoms with Crippen LogP contribution in [0.4, 0.5) is 4.79 Å². The van der Waals surface area contributed by atoms with Gasteiger partial charge in [-0.05, 0) is 51.2 Å². The van der Waals surface area contributed by atoms with Gasteiger partial charge in [-0.3, -0.25) is 0 Å². The van der Waals surface area contributed by atoms with Crippen molar-refractivity contribution in [2.75, 3.05) is 27.7 Å². The molecular weight excluding hydrogens is 302 g/mol. The van der Waals surface area contributed by atoms with E-state index in [0.717, 1.165) is 11.5 Å². The molecule has 1 heterocycles. The van der Waals surface area contributed by atoms with Crippen molar-refractivity contribution in [1.82, 2.24) is 15.1 Å². The molecule has 0 radical (unpaired) electrons. The van der Waals surface area contributed by atoms with Crippen LogP contribution in [-0.2, 0) is 6.54 Å². The zero-order valence-electron chi connectivity index (χ0n) is 15.2. The predicted octanol–water partition coefficient (Wildman–Crippen LogP) is 3.34. The molecule has 0 unspecified atom stereocenters. The van der Waals surface area contributed by atoms with Crippen LogP contribution in [0.3, 0.4) is 0 Å². The van der Waals surface area contributed by atoms with Gasteiger partial charge < -0.3 is 19.5 Å². The Bertz CT molecular complexity index is 679. The van der Waals surface area contributed by atoms with E-state index in [1.54, 1.807) is 11.9 Å². The van der Waals surface area contributed by atoms with Crippen molar-refractivity contribution in [2.24, 2.45) is 0 Å². The SMILES string of the molecule is Cc1ccc(CN(C)C(=O)NC[C@H](c2ccccc2C)N(C)C)o1. The molecule has 0 aliphatic carbocycles. The van der Waals surface area contributed by atoms with Crippen molar-refractivity contribution in [3.8, 4) is 0 Å². The minimum absolute atomic E-state index is 0.107. The molecule has 0 saturated carbocycles. The molecule has 130 valence electrons. The molecule has 1 aromatic heterocycles. The minimum Gasteiger partial charge on any atom is -0.464 e. The first-order chi connectivity index (χ1) is 11.4. The van der Waals surface area contributed by atoms with Crippen LogP contribution in [0.5, 0.6) is 0 Å². The lowest BCUT2D eigenvalue weighted by Gasteiger charge is -2.27. The molecule has 0 saturated heterocycles. The molecule has 1 atom stereocenters. The lowest BCUT2D eigenvalue weighted by Crippen LogP contribution is -2.41. The van der Waals surface area contributed by atoms with Gasteiger partial charge in [-0.25, -0.2) is 4.79 Å². The van der Waals surface area contributed by atoms with Crippen LogP contribution in [0.25, 0.3) is 0 Å².